The van der Waals surface area contributed by atoms with Crippen molar-refractivity contribution >= 4 is 13.8 Å². The molecule has 3 N–H and O–H groups in total. The molecule has 0 amide bonds. The summed E-state index contributed by atoms with van der Waals surface area (Å²) in [5.74, 6) is -0.331. The summed E-state index contributed by atoms with van der Waals surface area (Å²) in [6.45, 7) is 4.83. The molecule has 0 aromatic rings. The van der Waals surface area contributed by atoms with Crippen LogP contribution in [0, 0.1) is 0 Å². The first kappa shape index (κ1) is 65.9. The number of unbranched alkanes of at least 4 members (excludes halogenated alkanes) is 29. The Hall–Kier alpha value is -2.06. The van der Waals surface area contributed by atoms with Crippen molar-refractivity contribution in [3.63, 3.8) is 0 Å². The average Bonchev–Trinajstić information content (AvgIpc) is 3.33. The van der Waals surface area contributed by atoms with E-state index in [4.69, 9.17) is 24.3 Å². The Kier molecular flexibility index (Phi) is 54.2. The molecule has 9 heteroatoms. The summed E-state index contributed by atoms with van der Waals surface area (Å²) < 4.78 is 33.7. The van der Waals surface area contributed by atoms with Crippen molar-refractivity contribution in [2.75, 3.05) is 33.0 Å². The second-order valence-electron chi connectivity index (χ2n) is 18.8. The molecular formula is C59H108NO7P. The Labute approximate surface area is 420 Å². The molecule has 0 aliphatic carbocycles. The molecule has 68 heavy (non-hydrogen) atoms. The third-order valence-corrected chi connectivity index (χ3v) is 13.1. The number of hydrogen-bond donors (Lipinski definition) is 2. The standard InChI is InChI=1S/C59H108NO7P/c1-3-5-7-9-11-13-15-17-19-21-23-25-27-28-29-31-33-35-37-39-41-43-45-47-49-51-54-64-56-58(57-66-68(62,63)65-55-53-60)67-59(61)52-50-48-46-44-42-40-38-36-34-32-30-26-24-22-20-18-16-14-12-10-8-6-4-2/h5,7,11,13,17,19,22-25,28-29,58H,3-4,6,8-10,12,14-16,18,20-21,26-27,30-57,60H2,1-2H3,(H,62,63)/b7-5-,13-11-,19-17-,24-22-,25-23-,29-28-. The van der Waals surface area contributed by atoms with Crippen molar-refractivity contribution in [3.8, 4) is 0 Å². The van der Waals surface area contributed by atoms with Gasteiger partial charge in [-0.15, -0.1) is 0 Å². The van der Waals surface area contributed by atoms with E-state index >= 15 is 0 Å². The first-order chi connectivity index (χ1) is 33.4. The topological polar surface area (TPSA) is 117 Å². The number of carbonyl (C=O) groups excluding carboxylic acids is 1. The van der Waals surface area contributed by atoms with Gasteiger partial charge in [-0.05, 0) is 83.5 Å². The summed E-state index contributed by atoms with van der Waals surface area (Å²) in [6.07, 6.45) is 72.3. The monoisotopic (exact) mass is 974 g/mol. The van der Waals surface area contributed by atoms with E-state index < -0.39 is 13.9 Å². The molecule has 0 saturated carbocycles. The second kappa shape index (κ2) is 55.9. The molecule has 2 unspecified atom stereocenters. The number of ether oxygens (including phenoxy) is 2. The van der Waals surface area contributed by atoms with Crippen LogP contribution in [0.2, 0.25) is 0 Å². The number of phosphoric ester groups is 1. The molecule has 8 nitrogen and oxygen atoms in total. The second-order valence-corrected chi connectivity index (χ2v) is 20.2. The first-order valence-corrected chi connectivity index (χ1v) is 29.9. The SMILES string of the molecule is CC/C=C\C/C=C\C/C=C\C/C=C\C/C=C\CCCCCCCCCCCCOCC(COP(=O)(O)OCCN)OC(=O)CCCCCCCCCCCCC/C=C\CCCCCCCCCC. The van der Waals surface area contributed by atoms with Gasteiger partial charge in [-0.3, -0.25) is 13.8 Å². The van der Waals surface area contributed by atoms with Crippen LogP contribution in [-0.4, -0.2) is 49.9 Å². The van der Waals surface area contributed by atoms with Crippen LogP contribution in [0.15, 0.2) is 72.9 Å². The molecule has 0 rings (SSSR count). The molecule has 0 aromatic heterocycles. The largest absolute Gasteiger partial charge is 0.472 e. The van der Waals surface area contributed by atoms with Crippen LogP contribution >= 0.6 is 7.82 Å². The normalized spacial score (nSPS) is 13.8. The highest BCUT2D eigenvalue weighted by molar-refractivity contribution is 7.47. The van der Waals surface area contributed by atoms with Crippen LogP contribution in [-0.2, 0) is 27.9 Å². The molecule has 0 aliphatic heterocycles. The summed E-state index contributed by atoms with van der Waals surface area (Å²) in [5.41, 5.74) is 5.40. The van der Waals surface area contributed by atoms with Gasteiger partial charge >= 0.3 is 13.8 Å². The molecule has 2 atom stereocenters. The predicted octanol–water partition coefficient (Wildman–Crippen LogP) is 18.2. The quantitative estimate of drug-likeness (QED) is 0.0268. The van der Waals surface area contributed by atoms with Gasteiger partial charge in [0, 0.05) is 19.6 Å². The molecule has 0 bridgehead atoms. The number of rotatable bonds is 54. The van der Waals surface area contributed by atoms with E-state index in [1.807, 2.05) is 0 Å². The molecule has 0 aromatic carbocycles. The summed E-state index contributed by atoms with van der Waals surface area (Å²) in [7, 11) is -4.29. The number of allylic oxidation sites excluding steroid dienone is 12. The molecule has 0 aliphatic rings. The third kappa shape index (κ3) is 54.9. The zero-order valence-corrected chi connectivity index (χ0v) is 45.2. The van der Waals surface area contributed by atoms with Crippen molar-refractivity contribution in [2.45, 2.75) is 264 Å². The molecule has 0 spiro atoms. The maximum atomic E-state index is 12.7. The fourth-order valence-corrected chi connectivity index (χ4v) is 8.73. The minimum Gasteiger partial charge on any atom is -0.457 e. The lowest BCUT2D eigenvalue weighted by Gasteiger charge is -2.20. The van der Waals surface area contributed by atoms with E-state index in [2.05, 4.69) is 86.8 Å². The summed E-state index contributed by atoms with van der Waals surface area (Å²) in [4.78, 5) is 22.7. The Bertz CT molecular complexity index is 1280. The minimum atomic E-state index is -4.29. The average molecular weight is 974 g/mol. The van der Waals surface area contributed by atoms with Gasteiger partial charge in [0.25, 0.3) is 0 Å². The lowest BCUT2D eigenvalue weighted by atomic mass is 10.0. The highest BCUT2D eigenvalue weighted by atomic mass is 31.2. The summed E-state index contributed by atoms with van der Waals surface area (Å²) in [5, 5.41) is 0. The lowest BCUT2D eigenvalue weighted by Crippen LogP contribution is -2.28. The van der Waals surface area contributed by atoms with Crippen molar-refractivity contribution < 1.29 is 32.8 Å². The van der Waals surface area contributed by atoms with Crippen LogP contribution in [0.5, 0.6) is 0 Å². The number of nitrogens with two attached hydrogens (primary N) is 1. The smallest absolute Gasteiger partial charge is 0.457 e. The Morgan fingerprint density at radius 2 is 0.824 bits per heavy atom. The van der Waals surface area contributed by atoms with E-state index in [9.17, 15) is 14.3 Å². The molecule has 0 radical (unpaired) electrons. The van der Waals surface area contributed by atoms with Gasteiger partial charge in [0.15, 0.2) is 0 Å². The van der Waals surface area contributed by atoms with E-state index in [0.29, 0.717) is 13.0 Å². The van der Waals surface area contributed by atoms with Gasteiger partial charge < -0.3 is 20.1 Å². The molecule has 0 fully saturated rings. The fraction of sp³-hybridized carbons (Fsp3) is 0.780. The summed E-state index contributed by atoms with van der Waals surface area (Å²) in [6, 6.07) is 0. The maximum Gasteiger partial charge on any atom is 0.472 e. The van der Waals surface area contributed by atoms with Gasteiger partial charge in [-0.25, -0.2) is 4.57 Å². The predicted molar refractivity (Wildman–Crippen MR) is 293 cm³/mol. The minimum absolute atomic E-state index is 0.0974. The van der Waals surface area contributed by atoms with Crippen LogP contribution in [0.4, 0.5) is 0 Å². The van der Waals surface area contributed by atoms with Gasteiger partial charge in [0.05, 0.1) is 19.8 Å². The highest BCUT2D eigenvalue weighted by Gasteiger charge is 2.25. The van der Waals surface area contributed by atoms with E-state index in [-0.39, 0.29) is 32.3 Å². The Morgan fingerprint density at radius 3 is 1.25 bits per heavy atom. The van der Waals surface area contributed by atoms with Crippen LogP contribution in [0.25, 0.3) is 0 Å². The Balaban J connectivity index is 3.91. The molecule has 0 saturated heterocycles. The number of carbonyl (C=O) groups is 1. The van der Waals surface area contributed by atoms with Crippen molar-refractivity contribution in [1.29, 1.82) is 0 Å². The molecule has 396 valence electrons. The first-order valence-electron chi connectivity index (χ1n) is 28.4. The number of phosphoric acid groups is 1. The molecule has 0 heterocycles. The van der Waals surface area contributed by atoms with Gasteiger partial charge in [0.2, 0.25) is 0 Å². The van der Waals surface area contributed by atoms with E-state index in [1.165, 1.54) is 173 Å². The van der Waals surface area contributed by atoms with Crippen LogP contribution in [0.3, 0.4) is 0 Å². The van der Waals surface area contributed by atoms with Gasteiger partial charge in [0.1, 0.15) is 6.10 Å². The van der Waals surface area contributed by atoms with Crippen molar-refractivity contribution in [2.24, 2.45) is 5.73 Å². The van der Waals surface area contributed by atoms with E-state index in [0.717, 1.165) is 64.2 Å². The lowest BCUT2D eigenvalue weighted by molar-refractivity contribution is -0.154. The number of esters is 1. The fourth-order valence-electron chi connectivity index (χ4n) is 7.96. The number of hydrogen-bond acceptors (Lipinski definition) is 7. The summed E-state index contributed by atoms with van der Waals surface area (Å²) >= 11 is 0. The van der Waals surface area contributed by atoms with Gasteiger partial charge in [-0.2, -0.15) is 0 Å². The van der Waals surface area contributed by atoms with Crippen LogP contribution in [0.1, 0.15) is 258 Å². The molecular weight excluding hydrogens is 866 g/mol. The zero-order chi connectivity index (χ0) is 49.4. The van der Waals surface area contributed by atoms with Crippen molar-refractivity contribution in [1.82, 2.24) is 0 Å². The Morgan fingerprint density at radius 1 is 0.456 bits per heavy atom. The zero-order valence-electron chi connectivity index (χ0n) is 44.3. The third-order valence-electron chi connectivity index (χ3n) is 12.1. The van der Waals surface area contributed by atoms with E-state index in [1.54, 1.807) is 0 Å². The highest BCUT2D eigenvalue weighted by Crippen LogP contribution is 2.43. The van der Waals surface area contributed by atoms with Crippen molar-refractivity contribution in [3.05, 3.63) is 72.9 Å². The van der Waals surface area contributed by atoms with Crippen LogP contribution < -0.4 is 5.73 Å². The van der Waals surface area contributed by atoms with Gasteiger partial charge in [-0.1, -0.05) is 241 Å². The maximum absolute atomic E-state index is 12.7.